The van der Waals surface area contributed by atoms with E-state index in [0.717, 1.165) is 18.4 Å². The van der Waals surface area contributed by atoms with Gasteiger partial charge < -0.3 is 14.6 Å². The van der Waals surface area contributed by atoms with Crippen LogP contribution in [-0.2, 0) is 0 Å². The van der Waals surface area contributed by atoms with Crippen LogP contribution in [0.2, 0.25) is 0 Å². The molecule has 0 saturated carbocycles. The number of carbonyl (C=O) groups excluding carboxylic acids is 1. The van der Waals surface area contributed by atoms with Crippen molar-refractivity contribution in [1.82, 2.24) is 24.9 Å². The smallest absolute Gasteiger partial charge is 0.295 e. The number of aromatic nitrogens is 4. The van der Waals surface area contributed by atoms with Crippen LogP contribution in [0.5, 0.6) is 0 Å². The molecule has 1 fully saturated rings. The average Bonchev–Trinajstić information content (AvgIpc) is 3.47. The quantitative estimate of drug-likeness (QED) is 0.492. The summed E-state index contributed by atoms with van der Waals surface area (Å²) in [5.74, 6) is -0.130. The van der Waals surface area contributed by atoms with E-state index >= 15 is 0 Å². The minimum absolute atomic E-state index is 0.0432. The number of oxazole rings is 1. The average molecular weight is 449 g/mol. The summed E-state index contributed by atoms with van der Waals surface area (Å²) in [6, 6.07) is 10.2. The Kier molecular flexibility index (Phi) is 5.53. The van der Waals surface area contributed by atoms with Crippen LogP contribution in [0.15, 0.2) is 53.2 Å². The van der Waals surface area contributed by atoms with E-state index in [1.165, 1.54) is 16.9 Å². The lowest BCUT2D eigenvalue weighted by molar-refractivity contribution is 0.0538. The van der Waals surface area contributed by atoms with Crippen LogP contribution >= 0.6 is 0 Å². The molecule has 9 heteroatoms. The third kappa shape index (κ3) is 4.06. The van der Waals surface area contributed by atoms with Gasteiger partial charge in [0.25, 0.3) is 11.9 Å². The number of likely N-dealkylation sites (tertiary alicyclic amines) is 1. The number of rotatable bonds is 5. The highest BCUT2D eigenvalue weighted by atomic mass is 19.1. The molecule has 170 valence electrons. The van der Waals surface area contributed by atoms with E-state index in [4.69, 9.17) is 4.42 Å². The van der Waals surface area contributed by atoms with Crippen LogP contribution in [-0.4, -0.2) is 49.9 Å². The topological polar surface area (TPSA) is 89.1 Å². The Morgan fingerprint density at radius 2 is 2.06 bits per heavy atom. The number of fused-ring (bicyclic) bond motifs is 1. The van der Waals surface area contributed by atoms with Crippen LogP contribution in [0.1, 0.15) is 35.7 Å². The molecule has 0 bridgehead atoms. The van der Waals surface area contributed by atoms with Crippen molar-refractivity contribution in [3.63, 3.8) is 0 Å². The molecule has 1 amide bonds. The van der Waals surface area contributed by atoms with Gasteiger partial charge in [-0.3, -0.25) is 4.79 Å². The second kappa shape index (κ2) is 8.65. The Hall–Kier alpha value is -3.75. The van der Waals surface area contributed by atoms with Gasteiger partial charge in [-0.2, -0.15) is 20.0 Å². The maximum atomic E-state index is 13.8. The normalized spacial score (nSPS) is 18.6. The fourth-order valence-electron chi connectivity index (χ4n) is 4.56. The third-order valence-electron chi connectivity index (χ3n) is 6.29. The Morgan fingerprint density at radius 1 is 1.24 bits per heavy atom. The molecule has 1 aliphatic heterocycles. The predicted octanol–water partition coefficient (Wildman–Crippen LogP) is 4.21. The van der Waals surface area contributed by atoms with E-state index in [2.05, 4.69) is 27.4 Å². The maximum absolute atomic E-state index is 13.8. The van der Waals surface area contributed by atoms with Gasteiger partial charge in [-0.15, -0.1) is 0 Å². The van der Waals surface area contributed by atoms with Gasteiger partial charge in [0.1, 0.15) is 11.3 Å². The van der Waals surface area contributed by atoms with Crippen LogP contribution in [0.4, 0.5) is 10.4 Å². The van der Waals surface area contributed by atoms with Crippen molar-refractivity contribution in [2.24, 2.45) is 5.92 Å². The third-order valence-corrected chi connectivity index (χ3v) is 6.29. The van der Waals surface area contributed by atoms with Crippen molar-refractivity contribution in [1.29, 1.82) is 0 Å². The molecule has 0 radical (unpaired) electrons. The number of anilines is 1. The number of nitrogens with one attached hydrogen (secondary N) is 1. The molecular formula is C24H25FN6O2. The van der Waals surface area contributed by atoms with Crippen molar-refractivity contribution in [2.75, 3.05) is 18.4 Å². The van der Waals surface area contributed by atoms with Crippen molar-refractivity contribution < 1.29 is 13.6 Å². The van der Waals surface area contributed by atoms with Crippen molar-refractivity contribution in [3.8, 4) is 5.69 Å². The Balaban J connectivity index is 1.41. The van der Waals surface area contributed by atoms with Gasteiger partial charge in [0.15, 0.2) is 5.58 Å². The zero-order valence-corrected chi connectivity index (χ0v) is 18.5. The fourth-order valence-corrected chi connectivity index (χ4v) is 4.56. The summed E-state index contributed by atoms with van der Waals surface area (Å²) in [4.78, 5) is 21.6. The van der Waals surface area contributed by atoms with Crippen molar-refractivity contribution >= 4 is 23.0 Å². The number of piperidine rings is 1. The van der Waals surface area contributed by atoms with E-state index in [9.17, 15) is 9.18 Å². The molecule has 2 unspecified atom stereocenters. The minimum Gasteiger partial charge on any atom is -0.423 e. The van der Waals surface area contributed by atoms with E-state index in [-0.39, 0.29) is 23.7 Å². The largest absolute Gasteiger partial charge is 0.423 e. The second-order valence-electron chi connectivity index (χ2n) is 8.48. The minimum atomic E-state index is -0.372. The summed E-state index contributed by atoms with van der Waals surface area (Å²) < 4.78 is 19.1. The summed E-state index contributed by atoms with van der Waals surface area (Å²) in [6.07, 6.45) is 5.15. The molecule has 4 aromatic rings. The Morgan fingerprint density at radius 3 is 2.88 bits per heavy atom. The van der Waals surface area contributed by atoms with Crippen LogP contribution in [0, 0.1) is 18.7 Å². The lowest BCUT2D eigenvalue weighted by Crippen LogP contribution is -2.51. The van der Waals surface area contributed by atoms with Gasteiger partial charge in [-0.25, -0.2) is 4.39 Å². The van der Waals surface area contributed by atoms with Gasteiger partial charge in [-0.05, 0) is 49.4 Å². The first-order valence-corrected chi connectivity index (χ1v) is 11.1. The highest BCUT2D eigenvalue weighted by Crippen LogP contribution is 2.29. The molecule has 1 aliphatic rings. The number of halogens is 1. The molecule has 1 N–H and O–H groups in total. The van der Waals surface area contributed by atoms with Crippen LogP contribution in [0.25, 0.3) is 16.8 Å². The molecule has 1 saturated heterocycles. The monoisotopic (exact) mass is 448 g/mol. The Labute approximate surface area is 190 Å². The van der Waals surface area contributed by atoms with Crippen LogP contribution < -0.4 is 5.32 Å². The highest BCUT2D eigenvalue weighted by Gasteiger charge is 2.34. The Bertz CT molecular complexity index is 1290. The molecule has 2 atom stereocenters. The van der Waals surface area contributed by atoms with Gasteiger partial charge >= 0.3 is 0 Å². The molecular weight excluding hydrogens is 423 g/mol. The summed E-state index contributed by atoms with van der Waals surface area (Å²) in [5, 5.41) is 11.7. The standard InChI is InChI=1S/C24H25FN6O2/c1-15-6-4-12-30(20(15)14-26-24-29-18-9-8-17(25)13-21(18)33-24)23(32)22-16(2)5-3-7-19(22)31-27-10-11-28-31/h3,5,7-11,13,15,20H,4,6,12,14H2,1-2H3,(H,26,29). The number of amides is 1. The van der Waals surface area contributed by atoms with Gasteiger partial charge in [-0.1, -0.05) is 19.1 Å². The number of nitrogens with zero attached hydrogens (tertiary/aromatic N) is 5. The van der Waals surface area contributed by atoms with Gasteiger partial charge in [0.05, 0.1) is 29.7 Å². The summed E-state index contributed by atoms with van der Waals surface area (Å²) in [5.41, 5.74) is 3.11. The van der Waals surface area contributed by atoms with Crippen molar-refractivity contribution in [3.05, 3.63) is 65.7 Å². The van der Waals surface area contributed by atoms with Crippen LogP contribution in [0.3, 0.4) is 0 Å². The second-order valence-corrected chi connectivity index (χ2v) is 8.48. The zero-order valence-electron chi connectivity index (χ0n) is 18.5. The van der Waals surface area contributed by atoms with E-state index in [1.54, 1.807) is 18.5 Å². The number of hydrogen-bond acceptors (Lipinski definition) is 6. The molecule has 0 aliphatic carbocycles. The van der Waals surface area contributed by atoms with E-state index in [0.29, 0.717) is 41.5 Å². The molecule has 3 heterocycles. The molecule has 2 aromatic carbocycles. The predicted molar refractivity (Wildman–Crippen MR) is 122 cm³/mol. The first kappa shape index (κ1) is 21.1. The molecule has 0 spiro atoms. The van der Waals surface area contributed by atoms with E-state index < -0.39 is 0 Å². The maximum Gasteiger partial charge on any atom is 0.295 e. The molecule has 2 aromatic heterocycles. The fraction of sp³-hybridized carbons (Fsp3) is 0.333. The lowest BCUT2D eigenvalue weighted by Gasteiger charge is -2.40. The first-order valence-electron chi connectivity index (χ1n) is 11.1. The van der Waals surface area contributed by atoms with E-state index in [1.807, 2.05) is 30.0 Å². The number of carbonyl (C=O) groups is 1. The zero-order chi connectivity index (χ0) is 22.9. The van der Waals surface area contributed by atoms with Gasteiger partial charge in [0, 0.05) is 19.2 Å². The number of benzene rings is 2. The summed E-state index contributed by atoms with van der Waals surface area (Å²) in [7, 11) is 0. The SMILES string of the molecule is Cc1cccc(-n2nccn2)c1C(=O)N1CCCC(C)C1CNc1nc2ccc(F)cc2o1. The van der Waals surface area contributed by atoms with Crippen molar-refractivity contribution in [2.45, 2.75) is 32.7 Å². The summed E-state index contributed by atoms with van der Waals surface area (Å²) >= 11 is 0. The lowest BCUT2D eigenvalue weighted by atomic mass is 9.89. The summed E-state index contributed by atoms with van der Waals surface area (Å²) in [6.45, 7) is 5.22. The molecule has 8 nitrogen and oxygen atoms in total. The number of aryl methyl sites for hydroxylation is 1. The van der Waals surface area contributed by atoms with Gasteiger partial charge in [0.2, 0.25) is 0 Å². The first-order chi connectivity index (χ1) is 16.0. The molecule has 5 rings (SSSR count). The highest BCUT2D eigenvalue weighted by molar-refractivity contribution is 5.99. The number of hydrogen-bond donors (Lipinski definition) is 1. The molecule has 33 heavy (non-hydrogen) atoms.